The Labute approximate surface area is 206 Å². The van der Waals surface area contributed by atoms with Crippen LogP contribution in [-0.2, 0) is 16.1 Å². The van der Waals surface area contributed by atoms with Crippen LogP contribution in [0.4, 0.5) is 0 Å². The number of benzene rings is 2. The molecule has 3 N–H and O–H groups in total. The van der Waals surface area contributed by atoms with E-state index in [0.29, 0.717) is 35.5 Å². The summed E-state index contributed by atoms with van der Waals surface area (Å²) < 4.78 is 6.23. The number of ether oxygens (including phenoxy) is 1. The molecule has 33 heavy (non-hydrogen) atoms. The van der Waals surface area contributed by atoms with E-state index >= 15 is 0 Å². The van der Waals surface area contributed by atoms with Gasteiger partial charge in [0.25, 0.3) is 5.91 Å². The minimum Gasteiger partial charge on any atom is -0.492 e. The van der Waals surface area contributed by atoms with Crippen LogP contribution in [0, 0.1) is 5.92 Å². The SMILES string of the molecule is CCCOc1ccc(C(=O)NC(=S)NNC(=O)C2CC(=O)N(Cc3ccccc3)C2)cc1Br. The number of thiocarbonyl (C=S) groups is 1. The quantitative estimate of drug-likeness (QED) is 0.374. The number of halogens is 1. The summed E-state index contributed by atoms with van der Waals surface area (Å²) in [6, 6.07) is 14.6. The highest BCUT2D eigenvalue weighted by molar-refractivity contribution is 9.10. The van der Waals surface area contributed by atoms with E-state index in [-0.39, 0.29) is 23.3 Å². The lowest BCUT2D eigenvalue weighted by molar-refractivity contribution is -0.129. The molecule has 0 aliphatic carbocycles. The van der Waals surface area contributed by atoms with Crippen molar-refractivity contribution in [1.29, 1.82) is 0 Å². The molecule has 0 saturated carbocycles. The van der Waals surface area contributed by atoms with Gasteiger partial charge in [0.15, 0.2) is 5.11 Å². The van der Waals surface area contributed by atoms with Crippen molar-refractivity contribution in [2.45, 2.75) is 26.3 Å². The molecule has 3 amide bonds. The summed E-state index contributed by atoms with van der Waals surface area (Å²) in [5.74, 6) is -0.732. The van der Waals surface area contributed by atoms with Crippen molar-refractivity contribution in [3.8, 4) is 5.75 Å². The third-order valence-electron chi connectivity index (χ3n) is 4.98. The van der Waals surface area contributed by atoms with Gasteiger partial charge in [0.05, 0.1) is 17.0 Å². The van der Waals surface area contributed by atoms with E-state index in [0.717, 1.165) is 12.0 Å². The first kappa shape index (κ1) is 24.7. The second-order valence-corrected chi connectivity index (χ2v) is 8.81. The van der Waals surface area contributed by atoms with Crippen molar-refractivity contribution in [3.63, 3.8) is 0 Å². The topological polar surface area (TPSA) is 99.8 Å². The zero-order valence-electron chi connectivity index (χ0n) is 18.1. The van der Waals surface area contributed by atoms with Gasteiger partial charge in [0.1, 0.15) is 5.75 Å². The van der Waals surface area contributed by atoms with Crippen LogP contribution < -0.4 is 20.9 Å². The molecule has 1 atom stereocenters. The summed E-state index contributed by atoms with van der Waals surface area (Å²) in [4.78, 5) is 38.8. The first-order chi connectivity index (χ1) is 15.9. The van der Waals surface area contributed by atoms with E-state index in [1.807, 2.05) is 37.3 Å². The molecule has 10 heteroatoms. The molecule has 1 heterocycles. The van der Waals surface area contributed by atoms with Crippen molar-refractivity contribution in [1.82, 2.24) is 21.1 Å². The molecular formula is C23H25BrN4O4S. The molecule has 0 bridgehead atoms. The average Bonchev–Trinajstić information content (AvgIpc) is 3.17. The number of nitrogens with zero attached hydrogens (tertiary/aromatic N) is 1. The Morgan fingerprint density at radius 2 is 1.94 bits per heavy atom. The molecule has 1 aliphatic rings. The molecule has 1 unspecified atom stereocenters. The normalized spacial score (nSPS) is 15.2. The van der Waals surface area contributed by atoms with E-state index in [4.69, 9.17) is 17.0 Å². The third-order valence-corrected chi connectivity index (χ3v) is 5.81. The molecule has 2 aromatic rings. The maximum Gasteiger partial charge on any atom is 0.257 e. The lowest BCUT2D eigenvalue weighted by Gasteiger charge is -2.17. The molecule has 1 fully saturated rings. The molecule has 0 radical (unpaired) electrons. The fourth-order valence-corrected chi connectivity index (χ4v) is 3.94. The van der Waals surface area contributed by atoms with E-state index < -0.39 is 11.8 Å². The number of nitrogens with one attached hydrogen (secondary N) is 3. The molecule has 0 aromatic heterocycles. The number of rotatable bonds is 7. The first-order valence-electron chi connectivity index (χ1n) is 10.5. The Bertz CT molecular complexity index is 1030. The van der Waals surface area contributed by atoms with Crippen LogP contribution >= 0.6 is 28.1 Å². The van der Waals surface area contributed by atoms with Crippen LogP contribution in [0.25, 0.3) is 0 Å². The number of hydrogen-bond donors (Lipinski definition) is 3. The maximum atomic E-state index is 12.5. The second-order valence-electron chi connectivity index (χ2n) is 7.55. The highest BCUT2D eigenvalue weighted by Gasteiger charge is 2.34. The van der Waals surface area contributed by atoms with Gasteiger partial charge in [-0.3, -0.25) is 30.6 Å². The molecule has 1 aliphatic heterocycles. The molecule has 3 rings (SSSR count). The van der Waals surface area contributed by atoms with Crippen LogP contribution in [0.1, 0.15) is 35.7 Å². The van der Waals surface area contributed by atoms with E-state index in [2.05, 4.69) is 32.1 Å². The Morgan fingerprint density at radius 3 is 2.64 bits per heavy atom. The lowest BCUT2D eigenvalue weighted by Crippen LogP contribution is -2.50. The van der Waals surface area contributed by atoms with Crippen molar-refractivity contribution in [3.05, 3.63) is 64.1 Å². The minimum absolute atomic E-state index is 0.0544. The number of carbonyl (C=O) groups excluding carboxylic acids is 3. The predicted molar refractivity (Wildman–Crippen MR) is 131 cm³/mol. The molecule has 174 valence electrons. The summed E-state index contributed by atoms with van der Waals surface area (Å²) in [7, 11) is 0. The number of amides is 3. The van der Waals surface area contributed by atoms with E-state index in [9.17, 15) is 14.4 Å². The Kier molecular flexibility index (Phi) is 8.79. The molecule has 0 spiro atoms. The Morgan fingerprint density at radius 1 is 1.18 bits per heavy atom. The minimum atomic E-state index is -0.501. The number of hydrogen-bond acceptors (Lipinski definition) is 5. The van der Waals surface area contributed by atoms with Crippen LogP contribution in [0.3, 0.4) is 0 Å². The average molecular weight is 533 g/mol. The van der Waals surface area contributed by atoms with Gasteiger partial charge >= 0.3 is 0 Å². The van der Waals surface area contributed by atoms with Gasteiger partial charge < -0.3 is 9.64 Å². The maximum absolute atomic E-state index is 12.5. The molecular weight excluding hydrogens is 508 g/mol. The standard InChI is InChI=1S/C23H25BrN4O4S/c1-2-10-32-19-9-8-16(11-18(19)24)21(30)25-23(33)27-26-22(31)17-12-20(29)28(14-17)13-15-6-4-3-5-7-15/h3-9,11,17H,2,10,12-14H2,1H3,(H,26,31)(H2,25,27,30,33). The summed E-state index contributed by atoms with van der Waals surface area (Å²) in [5.41, 5.74) is 6.38. The Balaban J connectivity index is 1.45. The van der Waals surface area contributed by atoms with Gasteiger partial charge in [-0.05, 0) is 58.3 Å². The highest BCUT2D eigenvalue weighted by Crippen LogP contribution is 2.26. The fraction of sp³-hybridized carbons (Fsp3) is 0.304. The van der Waals surface area contributed by atoms with Crippen molar-refractivity contribution >= 4 is 51.0 Å². The van der Waals surface area contributed by atoms with Crippen molar-refractivity contribution < 1.29 is 19.1 Å². The summed E-state index contributed by atoms with van der Waals surface area (Å²) in [5, 5.41) is 2.46. The Hall–Kier alpha value is -2.98. The summed E-state index contributed by atoms with van der Waals surface area (Å²) >= 11 is 8.49. The number of likely N-dealkylation sites (tertiary alicyclic amines) is 1. The molecule has 1 saturated heterocycles. The number of hydrazine groups is 1. The van der Waals surface area contributed by atoms with Crippen LogP contribution in [-0.4, -0.2) is 40.9 Å². The summed E-state index contributed by atoms with van der Waals surface area (Å²) in [6.07, 6.45) is 1.00. The molecule has 8 nitrogen and oxygen atoms in total. The van der Waals surface area contributed by atoms with Crippen LogP contribution in [0.15, 0.2) is 53.0 Å². The van der Waals surface area contributed by atoms with Gasteiger partial charge in [-0.25, -0.2) is 0 Å². The van der Waals surface area contributed by atoms with Crippen LogP contribution in [0.2, 0.25) is 0 Å². The largest absolute Gasteiger partial charge is 0.492 e. The predicted octanol–water partition coefficient (Wildman–Crippen LogP) is 2.92. The zero-order chi connectivity index (χ0) is 23.8. The third kappa shape index (κ3) is 7.00. The smallest absolute Gasteiger partial charge is 0.257 e. The zero-order valence-corrected chi connectivity index (χ0v) is 20.5. The van der Waals surface area contributed by atoms with Gasteiger partial charge in [0, 0.05) is 25.1 Å². The van der Waals surface area contributed by atoms with Gasteiger partial charge in [0.2, 0.25) is 11.8 Å². The van der Waals surface area contributed by atoms with Crippen LogP contribution in [0.5, 0.6) is 5.75 Å². The van der Waals surface area contributed by atoms with Crippen molar-refractivity contribution in [2.24, 2.45) is 5.92 Å². The second kappa shape index (κ2) is 11.8. The lowest BCUT2D eigenvalue weighted by atomic mass is 10.1. The molecule has 2 aromatic carbocycles. The summed E-state index contributed by atoms with van der Waals surface area (Å²) in [6.45, 7) is 3.37. The highest BCUT2D eigenvalue weighted by atomic mass is 79.9. The van der Waals surface area contributed by atoms with E-state index in [1.54, 1.807) is 23.1 Å². The van der Waals surface area contributed by atoms with Gasteiger partial charge in [-0.1, -0.05) is 37.3 Å². The van der Waals surface area contributed by atoms with Gasteiger partial charge in [-0.2, -0.15) is 0 Å². The van der Waals surface area contributed by atoms with Crippen molar-refractivity contribution in [2.75, 3.05) is 13.2 Å². The number of carbonyl (C=O) groups is 3. The van der Waals surface area contributed by atoms with E-state index in [1.165, 1.54) is 0 Å². The first-order valence-corrected chi connectivity index (χ1v) is 11.7. The van der Waals surface area contributed by atoms with Gasteiger partial charge in [-0.15, -0.1) is 0 Å². The fourth-order valence-electron chi connectivity index (χ4n) is 3.30. The monoisotopic (exact) mass is 532 g/mol.